The monoisotopic (exact) mass is 603 g/mol. The lowest BCUT2D eigenvalue weighted by atomic mass is 10.0. The summed E-state index contributed by atoms with van der Waals surface area (Å²) in [5.41, 5.74) is 0. The number of carboxylic acids is 3. The van der Waals surface area contributed by atoms with E-state index in [1.807, 2.05) is 10.6 Å². The van der Waals surface area contributed by atoms with Crippen molar-refractivity contribution in [1.29, 1.82) is 0 Å². The zero-order chi connectivity index (χ0) is 32.6. The molecule has 0 saturated carbocycles. The van der Waals surface area contributed by atoms with Crippen molar-refractivity contribution in [1.82, 2.24) is 26.6 Å². The van der Waals surface area contributed by atoms with Gasteiger partial charge in [0.25, 0.3) is 0 Å². The number of aliphatic carboxylic acids is 3. The molecule has 0 aliphatic heterocycles. The zero-order valence-corrected chi connectivity index (χ0v) is 23.2. The maximum Gasteiger partial charge on any atom is 0.326 e. The number of aldehydes is 1. The van der Waals surface area contributed by atoms with Crippen LogP contribution in [-0.4, -0.2) is 111 Å². The van der Waals surface area contributed by atoms with Gasteiger partial charge in [0.2, 0.25) is 29.5 Å². The quantitative estimate of drug-likeness (QED) is 0.0611. The van der Waals surface area contributed by atoms with Gasteiger partial charge in [0.15, 0.2) is 0 Å². The molecule has 236 valence electrons. The normalized spacial score (nSPS) is 14.2. The highest BCUT2D eigenvalue weighted by atomic mass is 16.4. The second kappa shape index (κ2) is 18.7. The first-order chi connectivity index (χ1) is 19.5. The molecule has 0 aromatic heterocycles. The molecule has 0 saturated heterocycles. The van der Waals surface area contributed by atoms with E-state index in [1.165, 1.54) is 0 Å². The van der Waals surface area contributed by atoms with Gasteiger partial charge in [-0.05, 0) is 18.8 Å². The highest BCUT2D eigenvalue weighted by molar-refractivity contribution is 5.97. The fraction of sp³-hybridized carbons (Fsp3) is 0.625. The van der Waals surface area contributed by atoms with Crippen LogP contribution in [0.25, 0.3) is 0 Å². The number of hydrogen-bond acceptors (Lipinski definition) is 10. The Morgan fingerprint density at radius 1 is 0.667 bits per heavy atom. The number of aliphatic hydroxyl groups excluding tert-OH is 1. The van der Waals surface area contributed by atoms with E-state index >= 15 is 0 Å². The number of carboxylic acid groups (broad SMARTS) is 3. The van der Waals surface area contributed by atoms with Crippen LogP contribution in [0.3, 0.4) is 0 Å². The van der Waals surface area contributed by atoms with E-state index in [1.54, 1.807) is 13.8 Å². The van der Waals surface area contributed by atoms with Crippen LogP contribution in [0.1, 0.15) is 52.9 Å². The Kier molecular flexibility index (Phi) is 16.6. The SMILES string of the molecule is CC(=O)NC(CC(C)C)C(=O)NC(CC(=O)O)C(=O)NC(CCC(=O)O)C(=O)NC(CO)C(=O)NC(CC=O)C(=O)O. The molecule has 0 bridgehead atoms. The largest absolute Gasteiger partial charge is 0.481 e. The molecule has 0 heterocycles. The molecular formula is C24H37N5O13. The summed E-state index contributed by atoms with van der Waals surface area (Å²) in [6, 6.07) is -8.11. The Labute approximate surface area is 240 Å². The van der Waals surface area contributed by atoms with Gasteiger partial charge < -0.3 is 51.8 Å². The maximum atomic E-state index is 13.0. The maximum absolute atomic E-state index is 13.0. The predicted molar refractivity (Wildman–Crippen MR) is 139 cm³/mol. The lowest BCUT2D eigenvalue weighted by Gasteiger charge is -2.26. The van der Waals surface area contributed by atoms with Gasteiger partial charge in [0.05, 0.1) is 13.0 Å². The first-order valence-electron chi connectivity index (χ1n) is 12.7. The first kappa shape index (κ1) is 37.4. The van der Waals surface area contributed by atoms with Crippen molar-refractivity contribution in [3.63, 3.8) is 0 Å². The zero-order valence-electron chi connectivity index (χ0n) is 23.2. The number of hydrogen-bond donors (Lipinski definition) is 9. The molecule has 0 aliphatic carbocycles. The summed E-state index contributed by atoms with van der Waals surface area (Å²) < 4.78 is 0. The van der Waals surface area contributed by atoms with Crippen LogP contribution >= 0.6 is 0 Å². The molecule has 0 rings (SSSR count). The first-order valence-corrected chi connectivity index (χ1v) is 12.7. The third-order valence-electron chi connectivity index (χ3n) is 5.45. The minimum Gasteiger partial charge on any atom is -0.481 e. The standard InChI is InChI=1S/C24H37N5O13/c1-11(2)8-15(25-12(3)32)21(38)28-16(9-19(35)36)22(39)26-13(4-5-18(33)34)20(37)29-17(10-31)23(40)27-14(6-7-30)24(41)42/h7,11,13-17,31H,4-6,8-10H2,1-3H3,(H,25,32)(H,26,39)(H,27,40)(H,28,38)(H,29,37)(H,33,34)(H,35,36)(H,41,42). The van der Waals surface area contributed by atoms with E-state index in [4.69, 9.17) is 10.2 Å². The summed E-state index contributed by atoms with van der Waals surface area (Å²) in [6.45, 7) is 3.58. The highest BCUT2D eigenvalue weighted by Crippen LogP contribution is 2.07. The van der Waals surface area contributed by atoms with E-state index in [0.717, 1.165) is 6.92 Å². The third-order valence-corrected chi connectivity index (χ3v) is 5.45. The lowest BCUT2D eigenvalue weighted by Crippen LogP contribution is -2.59. The molecule has 42 heavy (non-hydrogen) atoms. The van der Waals surface area contributed by atoms with Gasteiger partial charge in [0, 0.05) is 19.8 Å². The molecule has 0 aliphatic rings. The smallest absolute Gasteiger partial charge is 0.326 e. The molecule has 5 unspecified atom stereocenters. The Morgan fingerprint density at radius 3 is 1.60 bits per heavy atom. The van der Waals surface area contributed by atoms with Gasteiger partial charge >= 0.3 is 17.9 Å². The second-order valence-corrected chi connectivity index (χ2v) is 9.58. The lowest BCUT2D eigenvalue weighted by molar-refractivity contribution is -0.143. The van der Waals surface area contributed by atoms with Crippen LogP contribution in [0.4, 0.5) is 0 Å². The number of rotatable bonds is 20. The van der Waals surface area contributed by atoms with E-state index < -0.39 is 110 Å². The number of nitrogens with one attached hydrogen (secondary N) is 5. The summed E-state index contributed by atoms with van der Waals surface area (Å²) in [4.78, 5) is 107. The summed E-state index contributed by atoms with van der Waals surface area (Å²) in [5.74, 6) is -9.69. The Morgan fingerprint density at radius 2 is 1.14 bits per heavy atom. The van der Waals surface area contributed by atoms with Crippen LogP contribution in [0.2, 0.25) is 0 Å². The van der Waals surface area contributed by atoms with Crippen LogP contribution < -0.4 is 26.6 Å². The summed E-state index contributed by atoms with van der Waals surface area (Å²) in [6.07, 6.45) is -2.50. The minimum atomic E-state index is -1.79. The van der Waals surface area contributed by atoms with E-state index in [9.17, 15) is 53.4 Å². The van der Waals surface area contributed by atoms with Gasteiger partial charge in [-0.15, -0.1) is 0 Å². The number of carbonyl (C=O) groups excluding carboxylic acids is 6. The topological polar surface area (TPSA) is 295 Å². The predicted octanol–water partition coefficient (Wildman–Crippen LogP) is -3.52. The van der Waals surface area contributed by atoms with Gasteiger partial charge in [-0.2, -0.15) is 0 Å². The van der Waals surface area contributed by atoms with Crippen molar-refractivity contribution in [2.75, 3.05) is 6.61 Å². The van der Waals surface area contributed by atoms with Gasteiger partial charge in [-0.1, -0.05) is 13.8 Å². The van der Waals surface area contributed by atoms with Crippen molar-refractivity contribution in [3.05, 3.63) is 0 Å². The summed E-state index contributed by atoms with van der Waals surface area (Å²) in [7, 11) is 0. The molecule has 0 radical (unpaired) electrons. The third kappa shape index (κ3) is 14.7. The highest BCUT2D eigenvalue weighted by Gasteiger charge is 2.33. The molecule has 0 fully saturated rings. The second-order valence-electron chi connectivity index (χ2n) is 9.58. The molecule has 0 aromatic rings. The molecule has 18 heteroatoms. The van der Waals surface area contributed by atoms with Crippen molar-refractivity contribution in [2.24, 2.45) is 5.92 Å². The Balaban J connectivity index is 5.90. The molecule has 0 spiro atoms. The summed E-state index contributed by atoms with van der Waals surface area (Å²) >= 11 is 0. The van der Waals surface area contributed by atoms with Gasteiger partial charge in [-0.25, -0.2) is 4.79 Å². The fourth-order valence-corrected chi connectivity index (χ4v) is 3.47. The van der Waals surface area contributed by atoms with Crippen molar-refractivity contribution < 1.29 is 63.6 Å². The molecule has 5 atom stereocenters. The van der Waals surface area contributed by atoms with E-state index in [-0.39, 0.29) is 18.6 Å². The van der Waals surface area contributed by atoms with E-state index in [0.29, 0.717) is 0 Å². The van der Waals surface area contributed by atoms with Gasteiger partial charge in [0.1, 0.15) is 36.5 Å². The van der Waals surface area contributed by atoms with Crippen LogP contribution in [0.5, 0.6) is 0 Å². The average Bonchev–Trinajstić information content (AvgIpc) is 2.87. The van der Waals surface area contributed by atoms with Crippen LogP contribution in [0.15, 0.2) is 0 Å². The average molecular weight is 604 g/mol. The molecular weight excluding hydrogens is 566 g/mol. The van der Waals surface area contributed by atoms with Crippen LogP contribution in [0, 0.1) is 5.92 Å². The molecule has 18 nitrogen and oxygen atoms in total. The van der Waals surface area contributed by atoms with E-state index in [2.05, 4.69) is 16.0 Å². The minimum absolute atomic E-state index is 0.0932. The molecule has 9 N–H and O–H groups in total. The molecule has 5 amide bonds. The summed E-state index contributed by atoms with van der Waals surface area (Å²) in [5, 5.41) is 47.6. The fourth-order valence-electron chi connectivity index (χ4n) is 3.47. The van der Waals surface area contributed by atoms with Crippen LogP contribution in [-0.2, 0) is 43.2 Å². The van der Waals surface area contributed by atoms with Crippen molar-refractivity contribution in [3.8, 4) is 0 Å². The Bertz CT molecular complexity index is 1030. The number of aliphatic hydroxyl groups is 1. The van der Waals surface area contributed by atoms with Crippen molar-refractivity contribution in [2.45, 2.75) is 83.1 Å². The molecule has 0 aromatic carbocycles. The van der Waals surface area contributed by atoms with Crippen molar-refractivity contribution >= 4 is 53.7 Å². The van der Waals surface area contributed by atoms with Gasteiger partial charge in [-0.3, -0.25) is 33.6 Å². The number of amides is 5. The number of carbonyl (C=O) groups is 9. The Hall–Kier alpha value is -4.61.